The summed E-state index contributed by atoms with van der Waals surface area (Å²) in [7, 11) is 0. The lowest BCUT2D eigenvalue weighted by Crippen LogP contribution is -2.12. The lowest BCUT2D eigenvalue weighted by Gasteiger charge is -2.17. The van der Waals surface area contributed by atoms with Crippen molar-refractivity contribution >= 4 is 34.0 Å². The maximum atomic E-state index is 12.9. The van der Waals surface area contributed by atoms with Crippen LogP contribution in [0.1, 0.15) is 41.3 Å². The van der Waals surface area contributed by atoms with Crippen molar-refractivity contribution in [1.82, 2.24) is 4.98 Å². The first-order valence-electron chi connectivity index (χ1n) is 12.6. The van der Waals surface area contributed by atoms with E-state index in [-0.39, 0.29) is 12.3 Å². The van der Waals surface area contributed by atoms with Crippen LogP contribution >= 0.6 is 23.1 Å². The number of thioether (sulfide) groups is 1. The van der Waals surface area contributed by atoms with Crippen LogP contribution < -0.4 is 5.32 Å². The molecule has 1 amide bonds. The van der Waals surface area contributed by atoms with E-state index in [2.05, 4.69) is 24.4 Å². The molecule has 0 saturated heterocycles. The molecular formula is C31H26N4OS2. The molecule has 2 heterocycles. The number of nitrogens with zero attached hydrogens (tertiary/aromatic N) is 3. The van der Waals surface area contributed by atoms with Crippen molar-refractivity contribution in [3.63, 3.8) is 0 Å². The third-order valence-corrected chi connectivity index (χ3v) is 8.84. The Labute approximate surface area is 231 Å². The lowest BCUT2D eigenvalue weighted by molar-refractivity contribution is -0.115. The van der Waals surface area contributed by atoms with Crippen LogP contribution in [0.5, 0.6) is 0 Å². The number of anilines is 1. The molecule has 0 fully saturated rings. The Balaban J connectivity index is 1.36. The molecular weight excluding hydrogens is 509 g/mol. The number of benzene rings is 2. The van der Waals surface area contributed by atoms with Gasteiger partial charge in [-0.25, -0.2) is 4.98 Å². The van der Waals surface area contributed by atoms with E-state index in [1.54, 1.807) is 0 Å². The highest BCUT2D eigenvalue weighted by Gasteiger charge is 2.24. The molecule has 0 bridgehead atoms. The fraction of sp³-hybridized carbons (Fsp3) is 0.226. The van der Waals surface area contributed by atoms with Crippen molar-refractivity contribution in [2.75, 3.05) is 11.1 Å². The topological polar surface area (TPSA) is 89.6 Å². The third kappa shape index (κ3) is 5.50. The molecule has 0 saturated carbocycles. The Morgan fingerprint density at radius 1 is 1.05 bits per heavy atom. The summed E-state index contributed by atoms with van der Waals surface area (Å²) >= 11 is 2.95. The maximum absolute atomic E-state index is 12.9. The van der Waals surface area contributed by atoms with Gasteiger partial charge in [-0.15, -0.1) is 23.1 Å². The van der Waals surface area contributed by atoms with Gasteiger partial charge in [0.25, 0.3) is 0 Å². The molecule has 2 aromatic heterocycles. The number of amides is 1. The van der Waals surface area contributed by atoms with Crippen LogP contribution in [0.2, 0.25) is 0 Å². The molecule has 188 valence electrons. The van der Waals surface area contributed by atoms with Crippen LogP contribution in [0.4, 0.5) is 5.00 Å². The van der Waals surface area contributed by atoms with Gasteiger partial charge in [0.05, 0.1) is 16.8 Å². The zero-order chi connectivity index (χ0) is 26.5. The Kier molecular flexibility index (Phi) is 7.89. The average Bonchev–Trinajstić information content (AvgIpc) is 3.29. The number of aromatic nitrogens is 1. The van der Waals surface area contributed by atoms with Crippen LogP contribution in [-0.2, 0) is 17.6 Å². The largest absolute Gasteiger partial charge is 0.317 e. The van der Waals surface area contributed by atoms with E-state index in [9.17, 15) is 15.3 Å². The molecule has 38 heavy (non-hydrogen) atoms. The fourth-order valence-corrected chi connectivity index (χ4v) is 7.04. The van der Waals surface area contributed by atoms with E-state index in [0.29, 0.717) is 32.8 Å². The number of pyridine rings is 1. The fourth-order valence-electron chi connectivity index (χ4n) is 4.72. The predicted octanol–water partition coefficient (Wildman–Crippen LogP) is 7.47. The van der Waals surface area contributed by atoms with E-state index >= 15 is 0 Å². The van der Waals surface area contributed by atoms with E-state index in [1.807, 2.05) is 66.7 Å². The number of carbonyl (C=O) groups is 1. The monoisotopic (exact) mass is 534 g/mol. The Bertz CT molecular complexity index is 1550. The molecule has 2 aromatic carbocycles. The summed E-state index contributed by atoms with van der Waals surface area (Å²) in [6.07, 6.45) is 3.18. The second-order valence-corrected chi connectivity index (χ2v) is 11.6. The number of hydrogen-bond donors (Lipinski definition) is 1. The molecule has 1 aliphatic carbocycles. The van der Waals surface area contributed by atoms with Gasteiger partial charge in [0, 0.05) is 28.2 Å². The summed E-state index contributed by atoms with van der Waals surface area (Å²) in [6, 6.07) is 26.3. The molecule has 1 atom stereocenters. The van der Waals surface area contributed by atoms with Gasteiger partial charge in [-0.3, -0.25) is 4.79 Å². The molecule has 5 nitrogen and oxygen atoms in total. The molecule has 7 heteroatoms. The van der Waals surface area contributed by atoms with Gasteiger partial charge in [-0.05, 0) is 42.4 Å². The minimum atomic E-state index is -0.137. The summed E-state index contributed by atoms with van der Waals surface area (Å²) in [5.74, 6) is 0.924. The normalized spacial score (nSPS) is 14.2. The SMILES string of the molecule is CC1CCc2c(sc(NC(=O)CCSc3nc(-c4ccccc4)cc(-c4ccccc4)c3C#N)c2C#N)C1. The Morgan fingerprint density at radius 2 is 1.74 bits per heavy atom. The van der Waals surface area contributed by atoms with Gasteiger partial charge in [0.1, 0.15) is 22.2 Å². The number of nitriles is 2. The number of hydrogen-bond acceptors (Lipinski definition) is 6. The molecule has 5 rings (SSSR count). The highest BCUT2D eigenvalue weighted by Crippen LogP contribution is 2.39. The zero-order valence-electron chi connectivity index (χ0n) is 21.0. The van der Waals surface area contributed by atoms with Gasteiger partial charge >= 0.3 is 0 Å². The standard InChI is InChI=1S/C31H26N4OS2/c1-20-12-13-23-25(18-32)31(38-28(23)16-20)35-29(36)14-15-37-30-26(19-33)24(21-8-4-2-5-9-21)17-27(34-30)22-10-6-3-7-11-22/h2-11,17,20H,12-16H2,1H3,(H,35,36). The van der Waals surface area contributed by atoms with Gasteiger partial charge in [-0.1, -0.05) is 67.6 Å². The molecule has 1 N–H and O–H groups in total. The quantitative estimate of drug-likeness (QED) is 0.248. The molecule has 4 aromatic rings. The van der Waals surface area contributed by atoms with Crippen molar-refractivity contribution < 1.29 is 4.79 Å². The van der Waals surface area contributed by atoms with Crippen molar-refractivity contribution in [2.24, 2.45) is 5.92 Å². The minimum absolute atomic E-state index is 0.137. The Morgan fingerprint density at radius 3 is 2.42 bits per heavy atom. The Hall–Kier alpha value is -3.91. The zero-order valence-corrected chi connectivity index (χ0v) is 22.7. The smallest absolute Gasteiger partial charge is 0.225 e. The maximum Gasteiger partial charge on any atom is 0.225 e. The second-order valence-electron chi connectivity index (χ2n) is 9.39. The summed E-state index contributed by atoms with van der Waals surface area (Å²) in [5.41, 5.74) is 5.76. The van der Waals surface area contributed by atoms with Crippen molar-refractivity contribution in [3.05, 3.63) is 88.3 Å². The van der Waals surface area contributed by atoms with E-state index in [1.165, 1.54) is 28.0 Å². The van der Waals surface area contributed by atoms with Crippen molar-refractivity contribution in [3.8, 4) is 34.5 Å². The number of rotatable bonds is 7. The highest BCUT2D eigenvalue weighted by molar-refractivity contribution is 7.99. The summed E-state index contributed by atoms with van der Waals surface area (Å²) < 4.78 is 0. The first-order chi connectivity index (χ1) is 18.6. The predicted molar refractivity (Wildman–Crippen MR) is 154 cm³/mol. The van der Waals surface area contributed by atoms with Crippen LogP contribution in [0, 0.1) is 28.6 Å². The summed E-state index contributed by atoms with van der Waals surface area (Å²) in [4.78, 5) is 18.9. The average molecular weight is 535 g/mol. The summed E-state index contributed by atoms with van der Waals surface area (Å²) in [6.45, 7) is 2.23. The van der Waals surface area contributed by atoms with E-state index in [4.69, 9.17) is 4.98 Å². The molecule has 0 aliphatic heterocycles. The van der Waals surface area contributed by atoms with E-state index in [0.717, 1.165) is 47.2 Å². The van der Waals surface area contributed by atoms with Crippen LogP contribution in [-0.4, -0.2) is 16.6 Å². The first kappa shape index (κ1) is 25.7. The number of fused-ring (bicyclic) bond motifs is 1. The van der Waals surface area contributed by atoms with Gasteiger partial charge in [0.2, 0.25) is 5.91 Å². The number of carbonyl (C=O) groups excluding carboxylic acids is 1. The van der Waals surface area contributed by atoms with Crippen LogP contribution in [0.3, 0.4) is 0 Å². The molecule has 1 aliphatic rings. The second kappa shape index (κ2) is 11.6. The highest BCUT2D eigenvalue weighted by atomic mass is 32.2. The third-order valence-electron chi connectivity index (χ3n) is 6.70. The van der Waals surface area contributed by atoms with Gasteiger partial charge in [-0.2, -0.15) is 10.5 Å². The lowest BCUT2D eigenvalue weighted by atomic mass is 9.89. The molecule has 0 spiro atoms. The van der Waals surface area contributed by atoms with Crippen molar-refractivity contribution in [1.29, 1.82) is 10.5 Å². The minimum Gasteiger partial charge on any atom is -0.317 e. The summed E-state index contributed by atoms with van der Waals surface area (Å²) in [5, 5.41) is 24.0. The van der Waals surface area contributed by atoms with Crippen molar-refractivity contribution in [2.45, 2.75) is 37.6 Å². The van der Waals surface area contributed by atoms with Gasteiger partial charge in [0.15, 0.2) is 0 Å². The van der Waals surface area contributed by atoms with Gasteiger partial charge < -0.3 is 5.32 Å². The number of nitrogens with one attached hydrogen (secondary N) is 1. The molecule has 1 unspecified atom stereocenters. The van der Waals surface area contributed by atoms with E-state index < -0.39 is 0 Å². The van der Waals surface area contributed by atoms with Crippen LogP contribution in [0.15, 0.2) is 71.8 Å². The molecule has 0 radical (unpaired) electrons. The van der Waals surface area contributed by atoms with Crippen LogP contribution in [0.25, 0.3) is 22.4 Å². The number of thiophene rings is 1. The first-order valence-corrected chi connectivity index (χ1v) is 14.4.